The molecule has 1 aromatic rings. The lowest BCUT2D eigenvalue weighted by Gasteiger charge is -2.13. The largest absolute Gasteiger partial charge is 0.492 e. The first kappa shape index (κ1) is 8.51. The summed E-state index contributed by atoms with van der Waals surface area (Å²) >= 11 is 0. The zero-order valence-electron chi connectivity index (χ0n) is 7.79. The van der Waals surface area contributed by atoms with E-state index in [-0.39, 0.29) is 5.54 Å². The second-order valence-electron chi connectivity index (χ2n) is 3.44. The molecule has 13 heavy (non-hydrogen) atoms. The van der Waals surface area contributed by atoms with Gasteiger partial charge in [-0.15, -0.1) is 0 Å². The smallest absolute Gasteiger partial charge is 0.142 e. The van der Waals surface area contributed by atoms with Gasteiger partial charge in [0.25, 0.3) is 0 Å². The molecule has 1 saturated carbocycles. The van der Waals surface area contributed by atoms with Crippen LogP contribution in [-0.4, -0.2) is 11.6 Å². The number of ether oxygens (including phenoxy) is 1. The molecule has 0 saturated heterocycles. The molecular formula is C10H14N2O. The first-order valence-corrected chi connectivity index (χ1v) is 4.63. The van der Waals surface area contributed by atoms with Crippen molar-refractivity contribution in [3.05, 3.63) is 24.0 Å². The van der Waals surface area contributed by atoms with E-state index in [9.17, 15) is 0 Å². The number of hydrogen-bond donors (Lipinski definition) is 1. The van der Waals surface area contributed by atoms with Crippen LogP contribution in [0.2, 0.25) is 0 Å². The molecule has 0 bridgehead atoms. The van der Waals surface area contributed by atoms with Crippen molar-refractivity contribution >= 4 is 0 Å². The highest BCUT2D eigenvalue weighted by Crippen LogP contribution is 2.45. The summed E-state index contributed by atoms with van der Waals surface area (Å²) in [6.45, 7) is 2.63. The molecule has 0 unspecified atom stereocenters. The molecule has 3 heteroatoms. The van der Waals surface area contributed by atoms with Crippen LogP contribution in [0, 0.1) is 0 Å². The Bertz CT molecular complexity index is 308. The summed E-state index contributed by atoms with van der Waals surface area (Å²) in [6.07, 6.45) is 3.80. The molecule has 1 aliphatic rings. The van der Waals surface area contributed by atoms with Crippen LogP contribution in [-0.2, 0) is 5.54 Å². The van der Waals surface area contributed by atoms with E-state index in [0.717, 1.165) is 24.3 Å². The van der Waals surface area contributed by atoms with Gasteiger partial charge in [0.15, 0.2) is 0 Å². The summed E-state index contributed by atoms with van der Waals surface area (Å²) in [5.41, 5.74) is 6.77. The van der Waals surface area contributed by atoms with Gasteiger partial charge >= 0.3 is 0 Å². The molecule has 0 radical (unpaired) electrons. The van der Waals surface area contributed by atoms with Crippen LogP contribution in [0.1, 0.15) is 25.5 Å². The maximum atomic E-state index is 6.06. The normalized spacial score (nSPS) is 18.3. The van der Waals surface area contributed by atoms with Crippen molar-refractivity contribution in [2.24, 2.45) is 5.73 Å². The Morgan fingerprint density at radius 1 is 1.62 bits per heavy atom. The van der Waals surface area contributed by atoms with E-state index < -0.39 is 0 Å². The average molecular weight is 178 g/mol. The number of nitrogens with zero attached hydrogens (tertiary/aromatic N) is 1. The van der Waals surface area contributed by atoms with Crippen molar-refractivity contribution in [1.29, 1.82) is 0 Å². The highest BCUT2D eigenvalue weighted by atomic mass is 16.5. The fraction of sp³-hybridized carbons (Fsp3) is 0.500. The van der Waals surface area contributed by atoms with Gasteiger partial charge in [0.05, 0.1) is 12.1 Å². The van der Waals surface area contributed by atoms with E-state index in [1.807, 2.05) is 19.1 Å². The molecule has 0 aromatic carbocycles. The summed E-state index contributed by atoms with van der Waals surface area (Å²) in [6, 6.07) is 3.80. The van der Waals surface area contributed by atoms with Gasteiger partial charge in [-0.2, -0.15) is 0 Å². The van der Waals surface area contributed by atoms with Crippen molar-refractivity contribution in [3.63, 3.8) is 0 Å². The molecule has 0 atom stereocenters. The predicted octanol–water partition coefficient (Wildman–Crippen LogP) is 1.43. The number of nitrogens with two attached hydrogens (primary N) is 1. The number of pyridine rings is 1. The molecule has 3 nitrogen and oxygen atoms in total. The second kappa shape index (κ2) is 3.00. The van der Waals surface area contributed by atoms with Crippen LogP contribution in [0.3, 0.4) is 0 Å². The van der Waals surface area contributed by atoms with Crippen LogP contribution in [0.25, 0.3) is 0 Å². The van der Waals surface area contributed by atoms with E-state index >= 15 is 0 Å². The van der Waals surface area contributed by atoms with Crippen molar-refractivity contribution in [1.82, 2.24) is 4.98 Å². The minimum absolute atomic E-state index is 0.203. The minimum atomic E-state index is -0.203. The van der Waals surface area contributed by atoms with Gasteiger partial charge in [0.2, 0.25) is 0 Å². The first-order chi connectivity index (χ1) is 6.26. The van der Waals surface area contributed by atoms with E-state index in [4.69, 9.17) is 10.5 Å². The molecule has 1 fully saturated rings. The molecule has 2 N–H and O–H groups in total. The van der Waals surface area contributed by atoms with Crippen LogP contribution in [0.15, 0.2) is 18.3 Å². The Balaban J connectivity index is 2.32. The van der Waals surface area contributed by atoms with Gasteiger partial charge < -0.3 is 10.5 Å². The van der Waals surface area contributed by atoms with Gasteiger partial charge in [0, 0.05) is 6.20 Å². The number of aromatic nitrogens is 1. The lowest BCUT2D eigenvalue weighted by Crippen LogP contribution is -2.21. The molecular weight excluding hydrogens is 164 g/mol. The lowest BCUT2D eigenvalue weighted by atomic mass is 10.1. The number of rotatable bonds is 3. The molecule has 2 rings (SSSR count). The summed E-state index contributed by atoms with van der Waals surface area (Å²) in [5, 5.41) is 0. The molecule has 0 spiro atoms. The Morgan fingerprint density at radius 3 is 3.00 bits per heavy atom. The quantitative estimate of drug-likeness (QED) is 0.761. The summed E-state index contributed by atoms with van der Waals surface area (Å²) in [4.78, 5) is 4.28. The third-order valence-corrected chi connectivity index (χ3v) is 2.33. The van der Waals surface area contributed by atoms with Crippen LogP contribution >= 0.6 is 0 Å². The lowest BCUT2D eigenvalue weighted by molar-refractivity contribution is 0.330. The Kier molecular flexibility index (Phi) is 1.96. The van der Waals surface area contributed by atoms with Crippen LogP contribution < -0.4 is 10.5 Å². The standard InChI is InChI=1S/C10H14N2O/c1-2-13-8-4-3-7-12-9(8)10(11)5-6-10/h3-4,7H,2,5-6,11H2,1H3. The molecule has 1 aliphatic carbocycles. The minimum Gasteiger partial charge on any atom is -0.492 e. The van der Waals surface area contributed by atoms with Crippen LogP contribution in [0.5, 0.6) is 5.75 Å². The topological polar surface area (TPSA) is 48.1 Å². The van der Waals surface area contributed by atoms with Gasteiger partial charge in [-0.05, 0) is 31.9 Å². The molecule has 70 valence electrons. The Labute approximate surface area is 77.9 Å². The molecule has 1 heterocycles. The van der Waals surface area contributed by atoms with Gasteiger partial charge in [-0.25, -0.2) is 0 Å². The zero-order valence-corrected chi connectivity index (χ0v) is 7.79. The Morgan fingerprint density at radius 2 is 2.38 bits per heavy atom. The summed E-state index contributed by atoms with van der Waals surface area (Å²) in [5.74, 6) is 0.838. The maximum absolute atomic E-state index is 6.06. The van der Waals surface area contributed by atoms with Gasteiger partial charge in [0.1, 0.15) is 11.4 Å². The van der Waals surface area contributed by atoms with Crippen molar-refractivity contribution < 1.29 is 4.74 Å². The SMILES string of the molecule is CCOc1cccnc1C1(N)CC1. The summed E-state index contributed by atoms with van der Waals surface area (Å²) < 4.78 is 5.46. The van der Waals surface area contributed by atoms with Crippen molar-refractivity contribution in [3.8, 4) is 5.75 Å². The zero-order chi connectivity index (χ0) is 9.31. The van der Waals surface area contributed by atoms with Gasteiger partial charge in [-0.3, -0.25) is 4.98 Å². The van der Waals surface area contributed by atoms with Crippen molar-refractivity contribution in [2.75, 3.05) is 6.61 Å². The first-order valence-electron chi connectivity index (χ1n) is 4.63. The van der Waals surface area contributed by atoms with Crippen molar-refractivity contribution in [2.45, 2.75) is 25.3 Å². The van der Waals surface area contributed by atoms with Gasteiger partial charge in [-0.1, -0.05) is 0 Å². The van der Waals surface area contributed by atoms with E-state index in [2.05, 4.69) is 4.98 Å². The van der Waals surface area contributed by atoms with E-state index in [0.29, 0.717) is 6.61 Å². The monoisotopic (exact) mass is 178 g/mol. The molecule has 0 aliphatic heterocycles. The predicted molar refractivity (Wildman–Crippen MR) is 50.5 cm³/mol. The molecule has 1 aromatic heterocycles. The Hall–Kier alpha value is -1.09. The summed E-state index contributed by atoms with van der Waals surface area (Å²) in [7, 11) is 0. The third kappa shape index (κ3) is 1.52. The van der Waals surface area contributed by atoms with E-state index in [1.165, 1.54) is 0 Å². The highest BCUT2D eigenvalue weighted by molar-refractivity contribution is 5.36. The fourth-order valence-corrected chi connectivity index (χ4v) is 1.41. The molecule has 0 amide bonds. The second-order valence-corrected chi connectivity index (χ2v) is 3.44. The van der Waals surface area contributed by atoms with Crippen LogP contribution in [0.4, 0.5) is 0 Å². The van der Waals surface area contributed by atoms with E-state index in [1.54, 1.807) is 6.20 Å². The third-order valence-electron chi connectivity index (χ3n) is 2.33. The highest BCUT2D eigenvalue weighted by Gasteiger charge is 2.43. The average Bonchev–Trinajstić information content (AvgIpc) is 2.86. The number of hydrogen-bond acceptors (Lipinski definition) is 3. The fourth-order valence-electron chi connectivity index (χ4n) is 1.41. The maximum Gasteiger partial charge on any atom is 0.142 e.